The molecule has 96 valence electrons. The van der Waals surface area contributed by atoms with Crippen LogP contribution in [0.2, 0.25) is 0 Å². The summed E-state index contributed by atoms with van der Waals surface area (Å²) < 4.78 is 7.69. The molecule has 0 radical (unpaired) electrons. The Labute approximate surface area is 135 Å². The Bertz CT molecular complexity index is 533. The van der Waals surface area contributed by atoms with Gasteiger partial charge in [0.25, 0.3) is 0 Å². The molecule has 0 aliphatic rings. The van der Waals surface area contributed by atoms with Gasteiger partial charge in [0.1, 0.15) is 12.4 Å². The summed E-state index contributed by atoms with van der Waals surface area (Å²) in [6.07, 6.45) is 0. The van der Waals surface area contributed by atoms with Crippen molar-refractivity contribution in [3.8, 4) is 5.75 Å². The molecule has 2 nitrogen and oxygen atoms in total. The third-order valence-corrected chi connectivity index (χ3v) is 4.89. The van der Waals surface area contributed by atoms with Crippen LogP contribution < -0.4 is 4.74 Å². The highest BCUT2D eigenvalue weighted by Crippen LogP contribution is 2.35. The number of benzene rings is 1. The van der Waals surface area contributed by atoms with Gasteiger partial charge in [-0.1, -0.05) is 15.9 Å². The van der Waals surface area contributed by atoms with Crippen molar-refractivity contribution in [3.63, 3.8) is 0 Å². The number of rotatable bonds is 4. The summed E-state index contributed by atoms with van der Waals surface area (Å²) in [6, 6.07) is 4.09. The average Bonchev–Trinajstić information content (AvgIpc) is 2.73. The first-order valence-electron chi connectivity index (χ1n) is 5.18. The van der Waals surface area contributed by atoms with E-state index in [2.05, 4.69) is 52.8 Å². The first-order chi connectivity index (χ1) is 8.60. The monoisotopic (exact) mass is 453 g/mol. The van der Waals surface area contributed by atoms with Crippen molar-refractivity contribution >= 4 is 59.1 Å². The molecule has 0 unspecified atom stereocenters. The van der Waals surface area contributed by atoms with Crippen LogP contribution in [-0.4, -0.2) is 4.98 Å². The zero-order valence-corrected chi connectivity index (χ0v) is 15.1. The fourth-order valence-electron chi connectivity index (χ4n) is 1.45. The van der Waals surface area contributed by atoms with E-state index in [1.165, 1.54) is 5.56 Å². The van der Waals surface area contributed by atoms with E-state index in [1.807, 2.05) is 24.4 Å². The van der Waals surface area contributed by atoms with E-state index in [0.29, 0.717) is 6.61 Å². The summed E-state index contributed by atoms with van der Waals surface area (Å²) in [7, 11) is 0. The lowest BCUT2D eigenvalue weighted by molar-refractivity contribution is 0.298. The summed E-state index contributed by atoms with van der Waals surface area (Å²) in [5.41, 5.74) is 2.14. The Balaban J connectivity index is 2.14. The highest BCUT2D eigenvalue weighted by Gasteiger charge is 2.09. The van der Waals surface area contributed by atoms with E-state index in [-0.39, 0.29) is 0 Å². The highest BCUT2D eigenvalue weighted by atomic mass is 79.9. The smallest absolute Gasteiger partial charge is 0.148 e. The molecule has 1 aromatic carbocycles. The molecule has 0 N–H and O–H groups in total. The van der Waals surface area contributed by atoms with Crippen LogP contribution in [0.25, 0.3) is 0 Å². The summed E-state index contributed by atoms with van der Waals surface area (Å²) in [6.45, 7) is 2.47. The highest BCUT2D eigenvalue weighted by molar-refractivity contribution is 9.11. The molecule has 0 spiro atoms. The Hall–Kier alpha value is 0.0900. The number of aromatic nitrogens is 1. The van der Waals surface area contributed by atoms with Crippen molar-refractivity contribution in [2.45, 2.75) is 18.9 Å². The van der Waals surface area contributed by atoms with Gasteiger partial charge in [0, 0.05) is 10.7 Å². The SMILES string of the molecule is Cc1nc(COc2c(Br)cc(CBr)cc2Br)cs1. The Kier molecular flexibility index (Phi) is 5.24. The molecular weight excluding hydrogens is 446 g/mol. The molecular formula is C12H10Br3NOS. The number of aryl methyl sites for hydroxylation is 1. The summed E-state index contributed by atoms with van der Waals surface area (Å²) in [5.74, 6) is 0.811. The van der Waals surface area contributed by atoms with Crippen molar-refractivity contribution in [3.05, 3.63) is 42.7 Å². The van der Waals surface area contributed by atoms with Gasteiger partial charge in [-0.05, 0) is 56.5 Å². The minimum absolute atomic E-state index is 0.481. The average molecular weight is 456 g/mol. The molecule has 2 aromatic rings. The largest absolute Gasteiger partial charge is 0.485 e. The Morgan fingerprint density at radius 2 is 1.94 bits per heavy atom. The molecule has 0 fully saturated rings. The number of nitrogens with zero attached hydrogens (tertiary/aromatic N) is 1. The second-order valence-electron chi connectivity index (χ2n) is 3.67. The zero-order chi connectivity index (χ0) is 13.1. The van der Waals surface area contributed by atoms with Crippen molar-refractivity contribution < 1.29 is 4.74 Å². The van der Waals surface area contributed by atoms with Gasteiger partial charge in [-0.3, -0.25) is 0 Å². The second-order valence-corrected chi connectivity index (χ2v) is 7.00. The van der Waals surface area contributed by atoms with E-state index in [0.717, 1.165) is 30.7 Å². The van der Waals surface area contributed by atoms with Gasteiger partial charge >= 0.3 is 0 Å². The number of hydrogen-bond acceptors (Lipinski definition) is 3. The van der Waals surface area contributed by atoms with Gasteiger partial charge in [-0.2, -0.15) is 0 Å². The number of halogens is 3. The lowest BCUT2D eigenvalue weighted by atomic mass is 10.2. The zero-order valence-electron chi connectivity index (χ0n) is 9.54. The fraction of sp³-hybridized carbons (Fsp3) is 0.250. The lowest BCUT2D eigenvalue weighted by Gasteiger charge is -2.10. The quantitative estimate of drug-likeness (QED) is 0.572. The number of alkyl halides is 1. The normalized spacial score (nSPS) is 10.7. The van der Waals surface area contributed by atoms with E-state index in [1.54, 1.807) is 11.3 Å². The maximum atomic E-state index is 5.80. The van der Waals surface area contributed by atoms with Gasteiger partial charge in [0.2, 0.25) is 0 Å². The standard InChI is InChI=1S/C12H10Br3NOS/c1-7-16-9(6-18-7)5-17-12-10(14)2-8(4-13)3-11(12)15/h2-3,6H,4-5H2,1H3. The molecule has 18 heavy (non-hydrogen) atoms. The van der Waals surface area contributed by atoms with Crippen LogP contribution in [0.3, 0.4) is 0 Å². The van der Waals surface area contributed by atoms with Gasteiger partial charge in [0.05, 0.1) is 19.6 Å². The maximum absolute atomic E-state index is 5.80. The van der Waals surface area contributed by atoms with E-state index in [4.69, 9.17) is 4.74 Å². The third-order valence-electron chi connectivity index (χ3n) is 2.24. The number of ether oxygens (including phenoxy) is 1. The molecule has 0 saturated carbocycles. The van der Waals surface area contributed by atoms with Gasteiger partial charge in [-0.25, -0.2) is 4.98 Å². The maximum Gasteiger partial charge on any atom is 0.148 e. The molecule has 0 aliphatic heterocycles. The molecule has 1 heterocycles. The van der Waals surface area contributed by atoms with E-state index in [9.17, 15) is 0 Å². The third kappa shape index (κ3) is 3.56. The first-order valence-corrected chi connectivity index (χ1v) is 8.76. The predicted octanol–water partition coefficient (Wildman–Crippen LogP) is 5.45. The molecule has 2 rings (SSSR count). The molecule has 1 aromatic heterocycles. The Morgan fingerprint density at radius 3 is 2.44 bits per heavy atom. The van der Waals surface area contributed by atoms with Crippen molar-refractivity contribution in [2.24, 2.45) is 0 Å². The van der Waals surface area contributed by atoms with Gasteiger partial charge in [0.15, 0.2) is 0 Å². The summed E-state index contributed by atoms with van der Waals surface area (Å²) in [4.78, 5) is 4.37. The van der Waals surface area contributed by atoms with Crippen molar-refractivity contribution in [1.82, 2.24) is 4.98 Å². The van der Waals surface area contributed by atoms with E-state index >= 15 is 0 Å². The molecule has 0 amide bonds. The minimum atomic E-state index is 0.481. The van der Waals surface area contributed by atoms with Crippen LogP contribution >= 0.6 is 59.1 Å². The molecule has 0 aliphatic carbocycles. The number of hydrogen-bond donors (Lipinski definition) is 0. The predicted molar refractivity (Wildman–Crippen MR) is 85.7 cm³/mol. The summed E-state index contributed by atoms with van der Waals surface area (Å²) >= 11 is 12.1. The van der Waals surface area contributed by atoms with Crippen molar-refractivity contribution in [1.29, 1.82) is 0 Å². The van der Waals surface area contributed by atoms with E-state index < -0.39 is 0 Å². The second kappa shape index (κ2) is 6.50. The van der Waals surface area contributed by atoms with Crippen LogP contribution in [0.15, 0.2) is 26.5 Å². The number of thiazole rings is 1. The molecule has 0 atom stereocenters. The topological polar surface area (TPSA) is 22.1 Å². The van der Waals surface area contributed by atoms with Crippen LogP contribution in [0.4, 0.5) is 0 Å². The van der Waals surface area contributed by atoms with Crippen molar-refractivity contribution in [2.75, 3.05) is 0 Å². The van der Waals surface area contributed by atoms with Crippen LogP contribution in [0.5, 0.6) is 5.75 Å². The van der Waals surface area contributed by atoms with Gasteiger partial charge < -0.3 is 4.74 Å². The molecule has 6 heteroatoms. The summed E-state index contributed by atoms with van der Waals surface area (Å²) in [5, 5.41) is 3.89. The minimum Gasteiger partial charge on any atom is -0.485 e. The lowest BCUT2D eigenvalue weighted by Crippen LogP contribution is -1.98. The Morgan fingerprint density at radius 1 is 1.28 bits per heavy atom. The van der Waals surface area contributed by atoms with Crippen LogP contribution in [0.1, 0.15) is 16.3 Å². The van der Waals surface area contributed by atoms with Gasteiger partial charge in [-0.15, -0.1) is 11.3 Å². The van der Waals surface area contributed by atoms with Crippen LogP contribution in [0, 0.1) is 6.92 Å². The first kappa shape index (κ1) is 14.5. The van der Waals surface area contributed by atoms with Crippen LogP contribution in [-0.2, 0) is 11.9 Å². The fourth-order valence-corrected chi connectivity index (χ4v) is 3.88. The molecule has 0 bridgehead atoms. The molecule has 0 saturated heterocycles.